The largest absolute Gasteiger partial charge is 0.383 e. The summed E-state index contributed by atoms with van der Waals surface area (Å²) in [5, 5.41) is 7.50. The molecule has 0 aliphatic heterocycles. The van der Waals surface area contributed by atoms with Crippen molar-refractivity contribution in [2.45, 2.75) is 0 Å². The molecule has 1 heterocycles. The fourth-order valence-corrected chi connectivity index (χ4v) is 2.33. The van der Waals surface area contributed by atoms with E-state index in [-0.39, 0.29) is 0 Å². The van der Waals surface area contributed by atoms with E-state index in [1.54, 1.807) is 17.5 Å². The van der Waals surface area contributed by atoms with Crippen molar-refractivity contribution in [1.82, 2.24) is 4.98 Å². The average molecular weight is 322 g/mol. The van der Waals surface area contributed by atoms with Gasteiger partial charge in [0.25, 0.3) is 0 Å². The third kappa shape index (κ3) is 3.05. The summed E-state index contributed by atoms with van der Waals surface area (Å²) in [5.74, 6) is 0.441. The molecule has 0 amide bonds. The first-order valence-corrected chi connectivity index (χ1v) is 6.73. The molecule has 4 nitrogen and oxygen atoms in total. The normalized spacial score (nSPS) is 11.1. The van der Waals surface area contributed by atoms with Crippen molar-refractivity contribution in [2.75, 3.05) is 11.2 Å². The first kappa shape index (κ1) is 13.4. The SMILES string of the molecule is Nc1csc(NN=Cc2c(Cl)ccc(Cl)c2Cl)n1. The lowest BCUT2D eigenvalue weighted by Gasteiger charge is -2.02. The lowest BCUT2D eigenvalue weighted by Crippen LogP contribution is -1.93. The topological polar surface area (TPSA) is 63.3 Å². The standard InChI is InChI=1S/C10H7Cl3N4S/c11-6-1-2-7(12)9(13)5(6)3-15-17-10-16-8(14)4-18-10/h1-4H,14H2,(H,16,17). The zero-order valence-electron chi connectivity index (χ0n) is 8.82. The third-order valence-electron chi connectivity index (χ3n) is 1.96. The fourth-order valence-electron chi connectivity index (χ4n) is 1.15. The molecule has 0 aliphatic rings. The number of hydrazone groups is 1. The van der Waals surface area contributed by atoms with Crippen molar-refractivity contribution in [1.29, 1.82) is 0 Å². The van der Waals surface area contributed by atoms with E-state index in [1.807, 2.05) is 0 Å². The van der Waals surface area contributed by atoms with Gasteiger partial charge in [-0.15, -0.1) is 11.3 Å². The second kappa shape index (κ2) is 5.75. The zero-order valence-corrected chi connectivity index (χ0v) is 11.9. The summed E-state index contributed by atoms with van der Waals surface area (Å²) in [7, 11) is 0. The lowest BCUT2D eigenvalue weighted by molar-refractivity contribution is 1.29. The number of hydrogen-bond acceptors (Lipinski definition) is 5. The molecule has 1 aromatic carbocycles. The molecular weight excluding hydrogens is 315 g/mol. The van der Waals surface area contributed by atoms with E-state index in [0.717, 1.165) is 0 Å². The molecule has 0 spiro atoms. The number of nitrogen functional groups attached to an aromatic ring is 1. The molecule has 0 bridgehead atoms. The quantitative estimate of drug-likeness (QED) is 0.507. The van der Waals surface area contributed by atoms with Crippen LogP contribution in [0.25, 0.3) is 0 Å². The minimum Gasteiger partial charge on any atom is -0.383 e. The molecule has 0 atom stereocenters. The van der Waals surface area contributed by atoms with Gasteiger partial charge in [-0.2, -0.15) is 5.10 Å². The number of nitrogens with one attached hydrogen (secondary N) is 1. The molecule has 0 aliphatic carbocycles. The number of nitrogens with zero attached hydrogens (tertiary/aromatic N) is 2. The number of aromatic nitrogens is 1. The van der Waals surface area contributed by atoms with Crippen LogP contribution >= 0.6 is 46.1 Å². The Labute approximate surface area is 122 Å². The van der Waals surface area contributed by atoms with Crippen LogP contribution in [0.3, 0.4) is 0 Å². The molecule has 2 aromatic rings. The van der Waals surface area contributed by atoms with E-state index in [9.17, 15) is 0 Å². The molecule has 8 heteroatoms. The second-order valence-electron chi connectivity index (χ2n) is 3.20. The maximum absolute atomic E-state index is 6.02. The molecule has 18 heavy (non-hydrogen) atoms. The first-order chi connectivity index (χ1) is 8.58. The Balaban J connectivity index is 2.16. The van der Waals surface area contributed by atoms with Gasteiger partial charge >= 0.3 is 0 Å². The number of halogens is 3. The summed E-state index contributed by atoms with van der Waals surface area (Å²) in [5.41, 5.74) is 8.75. The van der Waals surface area contributed by atoms with Crippen molar-refractivity contribution < 1.29 is 0 Å². The van der Waals surface area contributed by atoms with Gasteiger partial charge in [-0.25, -0.2) is 4.98 Å². The lowest BCUT2D eigenvalue weighted by atomic mass is 10.2. The highest BCUT2D eigenvalue weighted by Gasteiger charge is 2.07. The Morgan fingerprint density at radius 3 is 2.67 bits per heavy atom. The smallest absolute Gasteiger partial charge is 0.205 e. The van der Waals surface area contributed by atoms with Crippen LogP contribution in [0, 0.1) is 0 Å². The van der Waals surface area contributed by atoms with E-state index >= 15 is 0 Å². The Bertz CT molecular complexity index is 597. The number of hydrogen-bond donors (Lipinski definition) is 2. The van der Waals surface area contributed by atoms with Crippen LogP contribution < -0.4 is 11.2 Å². The molecule has 94 valence electrons. The van der Waals surface area contributed by atoms with Gasteiger partial charge in [0, 0.05) is 10.9 Å². The van der Waals surface area contributed by atoms with E-state index in [2.05, 4.69) is 15.5 Å². The summed E-state index contributed by atoms with van der Waals surface area (Å²) < 4.78 is 0. The fraction of sp³-hybridized carbons (Fsp3) is 0. The van der Waals surface area contributed by atoms with Gasteiger partial charge < -0.3 is 5.73 Å². The molecule has 0 unspecified atom stereocenters. The van der Waals surface area contributed by atoms with Crippen molar-refractivity contribution >= 4 is 63.3 Å². The monoisotopic (exact) mass is 320 g/mol. The van der Waals surface area contributed by atoms with Gasteiger partial charge in [0.2, 0.25) is 5.13 Å². The number of benzene rings is 1. The van der Waals surface area contributed by atoms with Gasteiger partial charge in [0.05, 0.1) is 21.3 Å². The Kier molecular flexibility index (Phi) is 4.29. The third-order valence-corrected chi connectivity index (χ3v) is 3.87. The maximum atomic E-state index is 6.02. The Morgan fingerprint density at radius 1 is 1.28 bits per heavy atom. The minimum atomic E-state index is 0.355. The minimum absolute atomic E-state index is 0.355. The van der Waals surface area contributed by atoms with Crippen LogP contribution in [0.15, 0.2) is 22.6 Å². The summed E-state index contributed by atoms with van der Waals surface area (Å²) in [6.45, 7) is 0. The molecule has 0 fully saturated rings. The molecule has 1 aromatic heterocycles. The van der Waals surface area contributed by atoms with E-state index in [1.165, 1.54) is 17.6 Å². The van der Waals surface area contributed by atoms with Crippen LogP contribution in [0.1, 0.15) is 5.56 Å². The molecule has 3 N–H and O–H groups in total. The zero-order chi connectivity index (χ0) is 13.1. The van der Waals surface area contributed by atoms with Crippen LogP contribution in [0.5, 0.6) is 0 Å². The number of nitrogens with two attached hydrogens (primary N) is 1. The van der Waals surface area contributed by atoms with Crippen LogP contribution in [0.4, 0.5) is 10.9 Å². The summed E-state index contributed by atoms with van der Waals surface area (Å²) >= 11 is 19.2. The van der Waals surface area contributed by atoms with E-state index < -0.39 is 0 Å². The van der Waals surface area contributed by atoms with Gasteiger partial charge in [-0.1, -0.05) is 34.8 Å². The molecule has 0 saturated heterocycles. The first-order valence-electron chi connectivity index (χ1n) is 4.71. The van der Waals surface area contributed by atoms with E-state index in [0.29, 0.717) is 31.6 Å². The average Bonchev–Trinajstić information content (AvgIpc) is 2.74. The summed E-state index contributed by atoms with van der Waals surface area (Å²) in [6.07, 6.45) is 1.48. The highest BCUT2D eigenvalue weighted by molar-refractivity contribution is 7.14. The summed E-state index contributed by atoms with van der Waals surface area (Å²) in [4.78, 5) is 3.98. The van der Waals surface area contributed by atoms with Gasteiger partial charge in [-0.05, 0) is 12.1 Å². The predicted molar refractivity (Wildman–Crippen MR) is 79.2 cm³/mol. The molecule has 0 saturated carbocycles. The van der Waals surface area contributed by atoms with Crippen LogP contribution in [0.2, 0.25) is 15.1 Å². The van der Waals surface area contributed by atoms with Gasteiger partial charge in [0.1, 0.15) is 5.82 Å². The molecular formula is C10H7Cl3N4S. The molecule has 0 radical (unpaired) electrons. The molecule has 2 rings (SSSR count). The van der Waals surface area contributed by atoms with Crippen LogP contribution in [-0.4, -0.2) is 11.2 Å². The number of thiazole rings is 1. The van der Waals surface area contributed by atoms with Crippen molar-refractivity contribution in [3.05, 3.63) is 38.1 Å². The highest BCUT2D eigenvalue weighted by atomic mass is 35.5. The van der Waals surface area contributed by atoms with Gasteiger partial charge in [0.15, 0.2) is 0 Å². The van der Waals surface area contributed by atoms with Crippen molar-refractivity contribution in [2.24, 2.45) is 5.10 Å². The Morgan fingerprint density at radius 2 is 2.00 bits per heavy atom. The summed E-state index contributed by atoms with van der Waals surface area (Å²) in [6, 6.07) is 3.27. The van der Waals surface area contributed by atoms with Crippen molar-refractivity contribution in [3.8, 4) is 0 Å². The predicted octanol–water partition coefficient (Wildman–Crippen LogP) is 4.13. The van der Waals surface area contributed by atoms with E-state index in [4.69, 9.17) is 40.5 Å². The van der Waals surface area contributed by atoms with Gasteiger partial charge in [-0.3, -0.25) is 5.43 Å². The second-order valence-corrected chi connectivity index (χ2v) is 5.25. The van der Waals surface area contributed by atoms with Crippen LogP contribution in [-0.2, 0) is 0 Å². The number of rotatable bonds is 3. The highest BCUT2D eigenvalue weighted by Crippen LogP contribution is 2.30. The number of anilines is 2. The maximum Gasteiger partial charge on any atom is 0.205 e. The Hall–Kier alpha value is -1.01. The van der Waals surface area contributed by atoms with Crippen molar-refractivity contribution in [3.63, 3.8) is 0 Å².